The molecule has 2 aromatic rings. The lowest BCUT2D eigenvalue weighted by atomic mass is 10.3. The van der Waals surface area contributed by atoms with Gasteiger partial charge >= 0.3 is 5.97 Å². The molecule has 0 aliphatic rings. The molecule has 0 spiro atoms. The lowest BCUT2D eigenvalue weighted by molar-refractivity contribution is 0.0512. The van der Waals surface area contributed by atoms with Crippen LogP contribution in [0, 0.1) is 10.6 Å². The van der Waals surface area contributed by atoms with Crippen LogP contribution in [-0.2, 0) is 4.74 Å². The van der Waals surface area contributed by atoms with E-state index in [0.717, 1.165) is 4.57 Å². The molecule has 0 N–H and O–H groups in total. The highest BCUT2D eigenvalue weighted by molar-refractivity contribution is 7.71. The first kappa shape index (κ1) is 17.0. The van der Waals surface area contributed by atoms with Gasteiger partial charge in [0.15, 0.2) is 0 Å². The van der Waals surface area contributed by atoms with Gasteiger partial charge in [-0.05, 0) is 57.3 Å². The monoisotopic (exact) mass is 337 g/mol. The second-order valence-corrected chi connectivity index (χ2v) is 5.37. The van der Waals surface area contributed by atoms with Crippen LogP contribution in [0.5, 0.6) is 0 Å². The summed E-state index contributed by atoms with van der Waals surface area (Å²) in [4.78, 5) is 24.6. The summed E-state index contributed by atoms with van der Waals surface area (Å²) in [6.45, 7) is 5.39. The molecule has 1 heterocycles. The molecule has 0 aliphatic carbocycles. The molecule has 0 amide bonds. The van der Waals surface area contributed by atoms with E-state index in [1.54, 1.807) is 6.92 Å². The molecule has 122 valence electrons. The fourth-order valence-corrected chi connectivity index (χ4v) is 2.41. The van der Waals surface area contributed by atoms with Gasteiger partial charge in [-0.1, -0.05) is 0 Å². The quantitative estimate of drug-likeness (QED) is 0.634. The van der Waals surface area contributed by atoms with Gasteiger partial charge in [0.25, 0.3) is 5.56 Å². The molecular weight excluding hydrogens is 321 g/mol. The fourth-order valence-electron chi connectivity index (χ4n) is 1.97. The number of halogens is 1. The van der Waals surface area contributed by atoms with E-state index in [4.69, 9.17) is 17.0 Å². The zero-order valence-corrected chi connectivity index (χ0v) is 13.8. The molecule has 0 fully saturated rings. The van der Waals surface area contributed by atoms with Gasteiger partial charge in [0.05, 0.1) is 12.3 Å². The van der Waals surface area contributed by atoms with Crippen LogP contribution in [0.15, 0.2) is 29.1 Å². The largest absolute Gasteiger partial charge is 0.461 e. The number of ether oxygens (including phenoxy) is 1. The van der Waals surface area contributed by atoms with Gasteiger partial charge in [-0.3, -0.25) is 4.79 Å². The summed E-state index contributed by atoms with van der Waals surface area (Å²) in [5, 5.41) is 4.02. The minimum atomic E-state index is -0.822. The van der Waals surface area contributed by atoms with Crippen molar-refractivity contribution in [1.29, 1.82) is 0 Å². The number of nitrogens with zero attached hydrogens (tertiary/aromatic N) is 3. The lowest BCUT2D eigenvalue weighted by Gasteiger charge is -2.15. The Bertz CT molecular complexity index is 841. The minimum absolute atomic E-state index is 0.115. The summed E-state index contributed by atoms with van der Waals surface area (Å²) in [7, 11) is 0. The van der Waals surface area contributed by atoms with Crippen molar-refractivity contribution in [3.8, 4) is 5.69 Å². The van der Waals surface area contributed by atoms with Gasteiger partial charge in [0, 0.05) is 6.04 Å². The average molecular weight is 337 g/mol. The highest BCUT2D eigenvalue weighted by Crippen LogP contribution is 2.11. The van der Waals surface area contributed by atoms with Crippen molar-refractivity contribution in [3.63, 3.8) is 0 Å². The maximum Gasteiger partial charge on any atom is 0.364 e. The first-order valence-corrected chi connectivity index (χ1v) is 7.46. The molecule has 8 heteroatoms. The SMILES string of the molecule is CCOC(=O)c1nn(C(C)C)c(=S)n(-c2ccc(F)cc2)c1=O. The van der Waals surface area contributed by atoms with Crippen LogP contribution in [0.2, 0.25) is 0 Å². The van der Waals surface area contributed by atoms with Crippen molar-refractivity contribution in [2.75, 3.05) is 6.61 Å². The summed E-state index contributed by atoms with van der Waals surface area (Å²) in [6.07, 6.45) is 0. The molecular formula is C15H16FN3O3S. The predicted molar refractivity (Wildman–Crippen MR) is 85.0 cm³/mol. The van der Waals surface area contributed by atoms with Crippen molar-refractivity contribution in [2.45, 2.75) is 26.8 Å². The number of aromatic nitrogens is 3. The van der Waals surface area contributed by atoms with E-state index >= 15 is 0 Å². The van der Waals surface area contributed by atoms with Crippen molar-refractivity contribution in [2.24, 2.45) is 0 Å². The van der Waals surface area contributed by atoms with Crippen LogP contribution in [-0.4, -0.2) is 26.9 Å². The number of hydrogen-bond donors (Lipinski definition) is 0. The Hall–Kier alpha value is -2.35. The Morgan fingerprint density at radius 2 is 1.96 bits per heavy atom. The predicted octanol–water partition coefficient (Wildman–Crippen LogP) is 2.66. The highest BCUT2D eigenvalue weighted by atomic mass is 32.1. The average Bonchev–Trinajstić information content (AvgIpc) is 2.49. The smallest absolute Gasteiger partial charge is 0.364 e. The Kier molecular flexibility index (Phi) is 5.05. The number of benzene rings is 1. The standard InChI is InChI=1S/C15H16FN3O3S/c1-4-22-14(21)12-13(20)18(11-7-5-10(16)6-8-11)15(23)19(17-12)9(2)3/h5-9H,4H2,1-3H3. The summed E-state index contributed by atoms with van der Waals surface area (Å²) in [5.41, 5.74) is -0.709. The fraction of sp³-hybridized carbons (Fsp3) is 0.333. The van der Waals surface area contributed by atoms with E-state index in [1.807, 2.05) is 13.8 Å². The third-order valence-corrected chi connectivity index (χ3v) is 3.41. The van der Waals surface area contributed by atoms with Gasteiger partial charge in [-0.2, -0.15) is 5.10 Å². The Labute approximate surface area is 137 Å². The topological polar surface area (TPSA) is 66.1 Å². The second kappa shape index (κ2) is 6.82. The normalized spacial score (nSPS) is 10.8. The van der Waals surface area contributed by atoms with E-state index < -0.39 is 17.3 Å². The van der Waals surface area contributed by atoms with E-state index in [-0.39, 0.29) is 23.1 Å². The molecule has 0 bridgehead atoms. The van der Waals surface area contributed by atoms with Crippen LogP contribution < -0.4 is 5.56 Å². The minimum Gasteiger partial charge on any atom is -0.461 e. The van der Waals surface area contributed by atoms with E-state index in [9.17, 15) is 14.0 Å². The molecule has 0 aliphatic heterocycles. The Morgan fingerprint density at radius 3 is 2.48 bits per heavy atom. The first-order valence-electron chi connectivity index (χ1n) is 7.05. The van der Waals surface area contributed by atoms with Crippen molar-refractivity contribution < 1.29 is 13.9 Å². The van der Waals surface area contributed by atoms with Gasteiger partial charge < -0.3 is 4.74 Å². The van der Waals surface area contributed by atoms with Gasteiger partial charge in [-0.15, -0.1) is 0 Å². The summed E-state index contributed by atoms with van der Waals surface area (Å²) in [6, 6.07) is 5.06. The number of esters is 1. The van der Waals surface area contributed by atoms with Crippen molar-refractivity contribution >= 4 is 18.2 Å². The highest BCUT2D eigenvalue weighted by Gasteiger charge is 2.20. The summed E-state index contributed by atoms with van der Waals surface area (Å²) in [5.74, 6) is -1.26. The molecule has 0 radical (unpaired) electrons. The molecule has 2 rings (SSSR count). The van der Waals surface area contributed by atoms with Crippen molar-refractivity contribution in [1.82, 2.24) is 14.3 Å². The number of carbonyl (C=O) groups excluding carboxylic acids is 1. The van der Waals surface area contributed by atoms with Gasteiger partial charge in [-0.25, -0.2) is 18.4 Å². The number of carbonyl (C=O) groups is 1. The summed E-state index contributed by atoms with van der Waals surface area (Å²) >= 11 is 5.30. The van der Waals surface area contributed by atoms with Crippen LogP contribution in [0.1, 0.15) is 37.3 Å². The van der Waals surface area contributed by atoms with Crippen LogP contribution in [0.25, 0.3) is 5.69 Å². The van der Waals surface area contributed by atoms with E-state index in [1.165, 1.54) is 28.9 Å². The molecule has 23 heavy (non-hydrogen) atoms. The molecule has 0 saturated carbocycles. The second-order valence-electron chi connectivity index (χ2n) is 5.01. The number of hydrogen-bond acceptors (Lipinski definition) is 5. The van der Waals surface area contributed by atoms with Crippen molar-refractivity contribution in [3.05, 3.63) is 50.9 Å². The van der Waals surface area contributed by atoms with E-state index in [2.05, 4.69) is 5.10 Å². The molecule has 0 saturated heterocycles. The zero-order valence-electron chi connectivity index (χ0n) is 12.9. The third kappa shape index (κ3) is 3.37. The third-order valence-electron chi connectivity index (χ3n) is 3.04. The molecule has 6 nitrogen and oxygen atoms in total. The Morgan fingerprint density at radius 1 is 1.35 bits per heavy atom. The molecule has 0 unspecified atom stereocenters. The maximum absolute atomic E-state index is 13.1. The lowest BCUT2D eigenvalue weighted by Crippen LogP contribution is -2.33. The summed E-state index contributed by atoms with van der Waals surface area (Å²) < 4.78 is 20.6. The molecule has 1 aromatic carbocycles. The first-order chi connectivity index (χ1) is 10.9. The Balaban J connectivity index is 2.79. The van der Waals surface area contributed by atoms with Crippen LogP contribution in [0.4, 0.5) is 4.39 Å². The van der Waals surface area contributed by atoms with E-state index in [0.29, 0.717) is 5.69 Å². The maximum atomic E-state index is 13.1. The number of rotatable bonds is 4. The van der Waals surface area contributed by atoms with Crippen LogP contribution >= 0.6 is 12.2 Å². The van der Waals surface area contributed by atoms with Crippen LogP contribution in [0.3, 0.4) is 0 Å². The molecule has 0 atom stereocenters. The molecule has 1 aromatic heterocycles. The van der Waals surface area contributed by atoms with Gasteiger partial charge in [0.1, 0.15) is 5.82 Å². The van der Waals surface area contributed by atoms with Gasteiger partial charge in [0.2, 0.25) is 10.5 Å². The zero-order chi connectivity index (χ0) is 17.1.